The summed E-state index contributed by atoms with van der Waals surface area (Å²) in [5.41, 5.74) is 6.16. The molecule has 92 valence electrons. The summed E-state index contributed by atoms with van der Waals surface area (Å²) in [6.45, 7) is 0.758. The third-order valence-electron chi connectivity index (χ3n) is 3.17. The number of pyridine rings is 1. The maximum atomic E-state index is 5.71. The SMILES string of the molecule is NC(=S)c1cccc(OCC2CCCCC2)n1. The average Bonchev–Trinajstić information content (AvgIpc) is 2.38. The highest BCUT2D eigenvalue weighted by molar-refractivity contribution is 7.80. The van der Waals surface area contributed by atoms with Gasteiger partial charge in [0, 0.05) is 6.07 Å². The third-order valence-corrected chi connectivity index (χ3v) is 3.38. The van der Waals surface area contributed by atoms with E-state index in [0.717, 1.165) is 6.61 Å². The van der Waals surface area contributed by atoms with E-state index < -0.39 is 0 Å². The maximum absolute atomic E-state index is 5.71. The Labute approximate surface area is 107 Å². The fourth-order valence-electron chi connectivity index (χ4n) is 2.19. The third kappa shape index (κ3) is 3.66. The molecule has 0 saturated heterocycles. The molecule has 1 heterocycles. The minimum atomic E-state index is 0.313. The van der Waals surface area contributed by atoms with Crippen molar-refractivity contribution in [2.75, 3.05) is 6.61 Å². The predicted octanol–water partition coefficient (Wildman–Crippen LogP) is 2.67. The van der Waals surface area contributed by atoms with Crippen LogP contribution in [-0.4, -0.2) is 16.6 Å². The number of rotatable bonds is 4. The molecular formula is C13H18N2OS. The van der Waals surface area contributed by atoms with Crippen LogP contribution in [-0.2, 0) is 0 Å². The minimum absolute atomic E-state index is 0.313. The highest BCUT2D eigenvalue weighted by Crippen LogP contribution is 2.24. The monoisotopic (exact) mass is 250 g/mol. The van der Waals surface area contributed by atoms with E-state index in [1.54, 1.807) is 6.07 Å². The first-order chi connectivity index (χ1) is 8.25. The second-order valence-electron chi connectivity index (χ2n) is 4.54. The molecule has 4 heteroatoms. The van der Waals surface area contributed by atoms with E-state index in [1.807, 2.05) is 12.1 Å². The van der Waals surface area contributed by atoms with Gasteiger partial charge in [0.1, 0.15) is 10.7 Å². The van der Waals surface area contributed by atoms with Crippen molar-refractivity contribution in [1.29, 1.82) is 0 Å². The smallest absolute Gasteiger partial charge is 0.213 e. The van der Waals surface area contributed by atoms with Gasteiger partial charge in [-0.25, -0.2) is 4.98 Å². The van der Waals surface area contributed by atoms with Gasteiger partial charge in [-0.2, -0.15) is 0 Å². The van der Waals surface area contributed by atoms with Crippen LogP contribution in [0.3, 0.4) is 0 Å². The largest absolute Gasteiger partial charge is 0.477 e. The van der Waals surface area contributed by atoms with Gasteiger partial charge in [0.05, 0.1) is 6.61 Å². The van der Waals surface area contributed by atoms with Crippen LogP contribution in [0.5, 0.6) is 5.88 Å². The Morgan fingerprint density at radius 1 is 1.35 bits per heavy atom. The van der Waals surface area contributed by atoms with Crippen molar-refractivity contribution < 1.29 is 4.74 Å². The number of ether oxygens (including phenoxy) is 1. The standard InChI is InChI=1S/C13H18N2OS/c14-13(17)11-7-4-8-12(15-11)16-9-10-5-2-1-3-6-10/h4,7-8,10H,1-3,5-6,9H2,(H2,14,17). The van der Waals surface area contributed by atoms with Crippen LogP contribution in [0.2, 0.25) is 0 Å². The van der Waals surface area contributed by atoms with Gasteiger partial charge >= 0.3 is 0 Å². The summed E-state index contributed by atoms with van der Waals surface area (Å²) in [7, 11) is 0. The Hall–Kier alpha value is -1.16. The van der Waals surface area contributed by atoms with Crippen LogP contribution in [0.4, 0.5) is 0 Å². The van der Waals surface area contributed by atoms with Crippen LogP contribution in [0, 0.1) is 5.92 Å². The lowest BCUT2D eigenvalue weighted by Crippen LogP contribution is -2.17. The molecule has 0 spiro atoms. The van der Waals surface area contributed by atoms with Gasteiger partial charge in [-0.15, -0.1) is 0 Å². The van der Waals surface area contributed by atoms with Crippen LogP contribution in [0.25, 0.3) is 0 Å². The molecule has 0 aliphatic heterocycles. The predicted molar refractivity (Wildman–Crippen MR) is 72.2 cm³/mol. The molecule has 0 atom stereocenters. The van der Waals surface area contributed by atoms with E-state index in [2.05, 4.69) is 4.98 Å². The minimum Gasteiger partial charge on any atom is -0.477 e. The molecule has 2 N–H and O–H groups in total. The van der Waals surface area contributed by atoms with E-state index in [4.69, 9.17) is 22.7 Å². The first-order valence-corrected chi connectivity index (χ1v) is 6.56. The Bertz CT molecular complexity index is 389. The first kappa shape index (κ1) is 12.3. The molecule has 1 aliphatic rings. The van der Waals surface area contributed by atoms with Crippen molar-refractivity contribution >= 4 is 17.2 Å². The molecule has 17 heavy (non-hydrogen) atoms. The fraction of sp³-hybridized carbons (Fsp3) is 0.538. The zero-order valence-corrected chi connectivity index (χ0v) is 10.7. The topological polar surface area (TPSA) is 48.1 Å². The molecule has 0 bridgehead atoms. The van der Waals surface area contributed by atoms with Crippen molar-refractivity contribution in [1.82, 2.24) is 4.98 Å². The molecule has 3 nitrogen and oxygen atoms in total. The van der Waals surface area contributed by atoms with Crippen LogP contribution in [0.15, 0.2) is 18.2 Å². The molecule has 2 rings (SSSR count). The summed E-state index contributed by atoms with van der Waals surface area (Å²) >= 11 is 4.89. The maximum Gasteiger partial charge on any atom is 0.213 e. The van der Waals surface area contributed by atoms with E-state index in [1.165, 1.54) is 32.1 Å². The Morgan fingerprint density at radius 3 is 2.82 bits per heavy atom. The lowest BCUT2D eigenvalue weighted by molar-refractivity contribution is 0.203. The number of nitrogens with two attached hydrogens (primary N) is 1. The van der Waals surface area contributed by atoms with E-state index in [-0.39, 0.29) is 0 Å². The fourth-order valence-corrected chi connectivity index (χ4v) is 2.30. The number of hydrogen-bond acceptors (Lipinski definition) is 3. The molecule has 0 amide bonds. The summed E-state index contributed by atoms with van der Waals surface area (Å²) in [5, 5.41) is 0. The van der Waals surface area contributed by atoms with Gasteiger partial charge in [0.25, 0.3) is 0 Å². The number of hydrogen-bond donors (Lipinski definition) is 1. The zero-order chi connectivity index (χ0) is 12.1. The van der Waals surface area contributed by atoms with Crippen molar-refractivity contribution in [2.24, 2.45) is 11.7 Å². The van der Waals surface area contributed by atoms with Crippen molar-refractivity contribution in [3.63, 3.8) is 0 Å². The molecule has 0 unspecified atom stereocenters. The van der Waals surface area contributed by atoms with Crippen LogP contribution < -0.4 is 10.5 Å². The molecule has 0 radical (unpaired) electrons. The van der Waals surface area contributed by atoms with Gasteiger partial charge in [0.2, 0.25) is 5.88 Å². The summed E-state index contributed by atoms with van der Waals surface area (Å²) in [5.74, 6) is 1.31. The van der Waals surface area contributed by atoms with Gasteiger partial charge in [-0.05, 0) is 24.8 Å². The highest BCUT2D eigenvalue weighted by atomic mass is 32.1. The lowest BCUT2D eigenvalue weighted by atomic mass is 9.90. The molecule has 1 saturated carbocycles. The summed E-state index contributed by atoms with van der Waals surface area (Å²) in [6.07, 6.45) is 6.57. The molecule has 1 aromatic rings. The van der Waals surface area contributed by atoms with E-state index in [9.17, 15) is 0 Å². The van der Waals surface area contributed by atoms with Crippen molar-refractivity contribution in [2.45, 2.75) is 32.1 Å². The number of thiocarbonyl (C=S) groups is 1. The Kier molecular flexibility index (Phi) is 4.31. The normalized spacial score (nSPS) is 16.7. The highest BCUT2D eigenvalue weighted by Gasteiger charge is 2.14. The molecule has 1 aliphatic carbocycles. The quantitative estimate of drug-likeness (QED) is 0.835. The molecular weight excluding hydrogens is 232 g/mol. The van der Waals surface area contributed by atoms with Gasteiger partial charge in [0.15, 0.2) is 0 Å². The second kappa shape index (κ2) is 5.96. The van der Waals surface area contributed by atoms with Gasteiger partial charge < -0.3 is 10.5 Å². The number of nitrogens with zero attached hydrogens (tertiary/aromatic N) is 1. The number of aromatic nitrogens is 1. The van der Waals surface area contributed by atoms with Gasteiger partial charge in [-0.3, -0.25) is 0 Å². The first-order valence-electron chi connectivity index (χ1n) is 6.15. The van der Waals surface area contributed by atoms with Gasteiger partial charge in [-0.1, -0.05) is 37.5 Å². The zero-order valence-electron chi connectivity index (χ0n) is 9.89. The van der Waals surface area contributed by atoms with Crippen LogP contribution >= 0.6 is 12.2 Å². The van der Waals surface area contributed by atoms with Crippen LogP contribution in [0.1, 0.15) is 37.8 Å². The Morgan fingerprint density at radius 2 is 2.12 bits per heavy atom. The molecule has 1 fully saturated rings. The average molecular weight is 250 g/mol. The molecule has 0 aromatic carbocycles. The summed E-state index contributed by atoms with van der Waals surface area (Å²) < 4.78 is 5.71. The second-order valence-corrected chi connectivity index (χ2v) is 4.98. The van der Waals surface area contributed by atoms with Crippen molar-refractivity contribution in [3.8, 4) is 5.88 Å². The van der Waals surface area contributed by atoms with E-state index in [0.29, 0.717) is 22.5 Å². The lowest BCUT2D eigenvalue weighted by Gasteiger charge is -2.21. The van der Waals surface area contributed by atoms with Crippen molar-refractivity contribution in [3.05, 3.63) is 23.9 Å². The Balaban J connectivity index is 1.89. The molecule has 1 aromatic heterocycles. The van der Waals surface area contributed by atoms with E-state index >= 15 is 0 Å². The summed E-state index contributed by atoms with van der Waals surface area (Å²) in [6, 6.07) is 5.53. The summed E-state index contributed by atoms with van der Waals surface area (Å²) in [4.78, 5) is 4.58.